The molecule has 0 spiro atoms. The van der Waals surface area contributed by atoms with Crippen molar-refractivity contribution in [3.8, 4) is 0 Å². The summed E-state index contributed by atoms with van der Waals surface area (Å²) in [5, 5.41) is 0. The van der Waals surface area contributed by atoms with Crippen LogP contribution in [0.4, 0.5) is 0 Å². The molecule has 0 aromatic carbocycles. The predicted molar refractivity (Wildman–Crippen MR) is 330 cm³/mol. The third-order valence-electron chi connectivity index (χ3n) is 13.8. The Morgan fingerprint density at radius 2 is 0.526 bits per heavy atom. The van der Waals surface area contributed by atoms with E-state index >= 15 is 0 Å². The first-order valence-electron chi connectivity index (χ1n) is 32.2. The van der Waals surface area contributed by atoms with Gasteiger partial charge in [-0.1, -0.05) is 272 Å². The van der Waals surface area contributed by atoms with Crippen molar-refractivity contribution in [1.29, 1.82) is 0 Å². The molecule has 0 aromatic heterocycles. The van der Waals surface area contributed by atoms with Crippen LogP contribution in [-0.4, -0.2) is 37.2 Å². The quantitative estimate of drug-likeness (QED) is 0.0261. The van der Waals surface area contributed by atoms with Crippen molar-refractivity contribution >= 4 is 17.9 Å². The van der Waals surface area contributed by atoms with Gasteiger partial charge in [0.1, 0.15) is 13.2 Å². The molecule has 0 N–H and O–H groups in total. The topological polar surface area (TPSA) is 78.9 Å². The second kappa shape index (κ2) is 63.9. The first-order chi connectivity index (χ1) is 37.5. The Hall–Kier alpha value is -3.67. The lowest BCUT2D eigenvalue weighted by atomic mass is 10.1. The Bertz CT molecular complexity index is 1490. The second-order valence-corrected chi connectivity index (χ2v) is 21.3. The second-order valence-electron chi connectivity index (χ2n) is 21.3. The van der Waals surface area contributed by atoms with Crippen molar-refractivity contribution in [1.82, 2.24) is 0 Å². The van der Waals surface area contributed by atoms with Crippen molar-refractivity contribution in [2.24, 2.45) is 0 Å². The minimum absolute atomic E-state index is 0.0884. The molecule has 0 aromatic rings. The Morgan fingerprint density at radius 1 is 0.276 bits per heavy atom. The van der Waals surface area contributed by atoms with Crippen molar-refractivity contribution in [2.75, 3.05) is 13.2 Å². The molecule has 1 unspecified atom stereocenters. The SMILES string of the molecule is CC/C=C\C/C=C\C/C=C\C/C=C\C/C=C\CCCCCCCCCC(=O)OCC(COC(=O)CCCCCCC/C=C\C/C=C\CCCC)OC(=O)CCCCCCCCCCC/C=C\CCCCCCCCCC. The lowest BCUT2D eigenvalue weighted by Crippen LogP contribution is -2.30. The minimum Gasteiger partial charge on any atom is -0.462 e. The molecular weight excluding hydrogens is 937 g/mol. The smallest absolute Gasteiger partial charge is 0.306 e. The fourth-order valence-electron chi connectivity index (χ4n) is 8.95. The normalized spacial score (nSPS) is 12.7. The molecule has 436 valence electrons. The fourth-order valence-corrected chi connectivity index (χ4v) is 8.95. The highest BCUT2D eigenvalue weighted by Gasteiger charge is 2.19. The molecule has 0 saturated carbocycles. The number of carbonyl (C=O) groups is 3. The van der Waals surface area contributed by atoms with Crippen LogP contribution in [0.25, 0.3) is 0 Å². The molecular formula is C70H120O6. The van der Waals surface area contributed by atoms with E-state index in [4.69, 9.17) is 14.2 Å². The Balaban J connectivity index is 4.38. The number of rotatable bonds is 58. The van der Waals surface area contributed by atoms with E-state index in [9.17, 15) is 14.4 Å². The maximum atomic E-state index is 12.9. The highest BCUT2D eigenvalue weighted by Crippen LogP contribution is 2.16. The monoisotopic (exact) mass is 1060 g/mol. The maximum absolute atomic E-state index is 12.9. The van der Waals surface area contributed by atoms with Gasteiger partial charge in [-0.05, 0) is 116 Å². The summed E-state index contributed by atoms with van der Waals surface area (Å²) in [6, 6.07) is 0. The summed E-state index contributed by atoms with van der Waals surface area (Å²) in [5.41, 5.74) is 0. The molecule has 0 amide bonds. The van der Waals surface area contributed by atoms with Gasteiger partial charge < -0.3 is 14.2 Å². The van der Waals surface area contributed by atoms with E-state index < -0.39 is 6.10 Å². The van der Waals surface area contributed by atoms with E-state index in [1.807, 2.05) is 0 Å². The molecule has 0 aliphatic heterocycles. The molecule has 0 bridgehead atoms. The van der Waals surface area contributed by atoms with Crippen molar-refractivity contribution in [3.05, 3.63) is 97.2 Å². The molecule has 0 aliphatic rings. The zero-order valence-electron chi connectivity index (χ0n) is 50.0. The van der Waals surface area contributed by atoms with Crippen LogP contribution in [0.3, 0.4) is 0 Å². The van der Waals surface area contributed by atoms with Gasteiger partial charge in [-0.25, -0.2) is 0 Å². The average molecular weight is 1060 g/mol. The summed E-state index contributed by atoms with van der Waals surface area (Å²) in [6.07, 6.45) is 85.5. The Labute approximate surface area is 470 Å². The molecule has 0 saturated heterocycles. The van der Waals surface area contributed by atoms with Crippen LogP contribution >= 0.6 is 0 Å². The lowest BCUT2D eigenvalue weighted by molar-refractivity contribution is -0.167. The van der Waals surface area contributed by atoms with E-state index in [0.717, 1.165) is 122 Å². The van der Waals surface area contributed by atoms with Gasteiger partial charge >= 0.3 is 17.9 Å². The van der Waals surface area contributed by atoms with Crippen molar-refractivity contribution < 1.29 is 28.6 Å². The first kappa shape index (κ1) is 72.3. The first-order valence-corrected chi connectivity index (χ1v) is 32.2. The van der Waals surface area contributed by atoms with Gasteiger partial charge in [-0.3, -0.25) is 14.4 Å². The molecule has 0 rings (SSSR count). The molecule has 0 radical (unpaired) electrons. The van der Waals surface area contributed by atoms with Gasteiger partial charge in [0.05, 0.1) is 0 Å². The largest absolute Gasteiger partial charge is 0.462 e. The van der Waals surface area contributed by atoms with Crippen LogP contribution in [0, 0.1) is 0 Å². The van der Waals surface area contributed by atoms with E-state index in [1.165, 1.54) is 148 Å². The zero-order chi connectivity index (χ0) is 55.0. The number of ether oxygens (including phenoxy) is 3. The molecule has 6 nitrogen and oxygen atoms in total. The number of carbonyl (C=O) groups excluding carboxylic acids is 3. The number of hydrogen-bond acceptors (Lipinski definition) is 6. The van der Waals surface area contributed by atoms with Crippen molar-refractivity contribution in [3.63, 3.8) is 0 Å². The molecule has 1 atom stereocenters. The molecule has 76 heavy (non-hydrogen) atoms. The van der Waals surface area contributed by atoms with E-state index in [-0.39, 0.29) is 31.1 Å². The average Bonchev–Trinajstić information content (AvgIpc) is 3.42. The summed E-state index contributed by atoms with van der Waals surface area (Å²) in [4.78, 5) is 38.3. The van der Waals surface area contributed by atoms with E-state index in [2.05, 4.69) is 118 Å². The summed E-state index contributed by atoms with van der Waals surface area (Å²) in [7, 11) is 0. The van der Waals surface area contributed by atoms with Crippen LogP contribution in [0.2, 0.25) is 0 Å². The van der Waals surface area contributed by atoms with Crippen LogP contribution in [-0.2, 0) is 28.6 Å². The maximum Gasteiger partial charge on any atom is 0.306 e. The Kier molecular flexibility index (Phi) is 60.8. The van der Waals surface area contributed by atoms with E-state index in [0.29, 0.717) is 19.3 Å². The summed E-state index contributed by atoms with van der Waals surface area (Å²) in [6.45, 7) is 6.49. The lowest BCUT2D eigenvalue weighted by Gasteiger charge is -2.18. The number of allylic oxidation sites excluding steroid dienone is 16. The number of esters is 3. The third kappa shape index (κ3) is 61.2. The zero-order valence-corrected chi connectivity index (χ0v) is 50.0. The third-order valence-corrected chi connectivity index (χ3v) is 13.8. The minimum atomic E-state index is -0.791. The molecule has 0 aliphatic carbocycles. The van der Waals surface area contributed by atoms with Crippen LogP contribution in [0.1, 0.15) is 310 Å². The highest BCUT2D eigenvalue weighted by molar-refractivity contribution is 5.71. The van der Waals surface area contributed by atoms with Crippen molar-refractivity contribution in [2.45, 2.75) is 316 Å². The molecule has 0 fully saturated rings. The fraction of sp³-hybridized carbons (Fsp3) is 0.729. The van der Waals surface area contributed by atoms with Gasteiger partial charge in [0.25, 0.3) is 0 Å². The number of hydrogen-bond donors (Lipinski definition) is 0. The van der Waals surface area contributed by atoms with Crippen LogP contribution in [0.5, 0.6) is 0 Å². The molecule has 6 heteroatoms. The highest BCUT2D eigenvalue weighted by atomic mass is 16.6. The van der Waals surface area contributed by atoms with Gasteiger partial charge in [0, 0.05) is 19.3 Å². The number of unbranched alkanes of at least 4 members (excludes halogenated alkanes) is 31. The summed E-state index contributed by atoms with van der Waals surface area (Å²) >= 11 is 0. The van der Waals surface area contributed by atoms with E-state index in [1.54, 1.807) is 0 Å². The van der Waals surface area contributed by atoms with Gasteiger partial charge in [-0.15, -0.1) is 0 Å². The van der Waals surface area contributed by atoms with Gasteiger partial charge in [0.15, 0.2) is 6.10 Å². The van der Waals surface area contributed by atoms with Crippen LogP contribution in [0.15, 0.2) is 97.2 Å². The van der Waals surface area contributed by atoms with Gasteiger partial charge in [0.2, 0.25) is 0 Å². The Morgan fingerprint density at radius 3 is 0.855 bits per heavy atom. The standard InChI is InChI=1S/C70H120O6/c1-4-7-10-13-16-19-22-25-28-30-32-34-35-37-38-40-42-45-48-51-54-57-60-63-69(72)75-66-67(65-74-68(71)62-59-56-53-50-47-44-27-24-21-18-15-12-9-6-3)76-70(73)64-61-58-55-52-49-46-43-41-39-36-33-31-29-26-23-20-17-14-11-8-5-2/h7,10,15-16,18-19,24-25,27-28,31-34,37-38,67H,4-6,8-9,11-14,17,20-23,26,29-30,35-36,39-66H2,1-3H3/b10-7-,18-15-,19-16-,27-24-,28-25-,33-31-,34-32-,38-37-. The predicted octanol–water partition coefficient (Wildman–Crippen LogP) is 22.0. The summed E-state index contributed by atoms with van der Waals surface area (Å²) in [5.74, 6) is -0.905. The summed E-state index contributed by atoms with van der Waals surface area (Å²) < 4.78 is 16.9. The molecule has 0 heterocycles. The van der Waals surface area contributed by atoms with Gasteiger partial charge in [-0.2, -0.15) is 0 Å². The van der Waals surface area contributed by atoms with Crippen LogP contribution < -0.4 is 0 Å².